The zero-order valence-electron chi connectivity index (χ0n) is 9.39. The molecule has 1 heterocycles. The van der Waals surface area contributed by atoms with Gasteiger partial charge in [-0.25, -0.2) is 4.98 Å². The van der Waals surface area contributed by atoms with Gasteiger partial charge in [0, 0.05) is 23.4 Å². The zero-order chi connectivity index (χ0) is 11.4. The van der Waals surface area contributed by atoms with Gasteiger partial charge in [0.05, 0.1) is 10.7 Å². The van der Waals surface area contributed by atoms with Gasteiger partial charge in [0.1, 0.15) is 0 Å². The van der Waals surface area contributed by atoms with Crippen LogP contribution in [0.2, 0.25) is 0 Å². The van der Waals surface area contributed by atoms with Crippen molar-refractivity contribution in [3.8, 4) is 11.3 Å². The quantitative estimate of drug-likeness (QED) is 0.879. The van der Waals surface area contributed by atoms with Crippen molar-refractivity contribution >= 4 is 11.3 Å². The Labute approximate surface area is 100 Å². The first-order valence-corrected chi connectivity index (χ1v) is 6.39. The number of hydrogen-bond donors (Lipinski definition) is 1. The molecular formula is C13H16N2S. The lowest BCUT2D eigenvalue weighted by atomic mass is 10.2. The third kappa shape index (κ3) is 2.90. The van der Waals surface area contributed by atoms with E-state index in [2.05, 4.69) is 22.5 Å². The van der Waals surface area contributed by atoms with Crippen LogP contribution in [0.1, 0.15) is 18.4 Å². The van der Waals surface area contributed by atoms with Crippen LogP contribution in [0, 0.1) is 0 Å². The minimum Gasteiger partial charge on any atom is -0.328 e. The van der Waals surface area contributed by atoms with Crippen molar-refractivity contribution in [2.24, 2.45) is 5.73 Å². The van der Waals surface area contributed by atoms with Crippen LogP contribution in [0.15, 0.2) is 35.7 Å². The second-order valence-electron chi connectivity index (χ2n) is 4.01. The first kappa shape index (κ1) is 11.3. The first-order valence-electron chi connectivity index (χ1n) is 5.51. The maximum atomic E-state index is 5.74. The summed E-state index contributed by atoms with van der Waals surface area (Å²) in [5.41, 5.74) is 8.00. The molecule has 0 radical (unpaired) electrons. The Morgan fingerprint density at radius 3 is 2.75 bits per heavy atom. The van der Waals surface area contributed by atoms with Crippen molar-refractivity contribution in [1.29, 1.82) is 0 Å². The first-order chi connectivity index (χ1) is 7.75. The smallest absolute Gasteiger partial charge is 0.0933 e. The van der Waals surface area contributed by atoms with Crippen molar-refractivity contribution in [3.63, 3.8) is 0 Å². The van der Waals surface area contributed by atoms with E-state index in [1.165, 1.54) is 10.6 Å². The number of rotatable bonds is 4. The SMILES string of the molecule is CC(N)CCc1nc(-c2ccccc2)cs1. The van der Waals surface area contributed by atoms with Gasteiger partial charge in [-0.05, 0) is 13.3 Å². The van der Waals surface area contributed by atoms with Gasteiger partial charge in [-0.15, -0.1) is 11.3 Å². The third-order valence-corrected chi connectivity index (χ3v) is 3.34. The summed E-state index contributed by atoms with van der Waals surface area (Å²) in [6, 6.07) is 10.5. The molecule has 2 N–H and O–H groups in total. The summed E-state index contributed by atoms with van der Waals surface area (Å²) in [7, 11) is 0. The van der Waals surface area contributed by atoms with Crippen LogP contribution in [-0.4, -0.2) is 11.0 Å². The van der Waals surface area contributed by atoms with Crippen molar-refractivity contribution < 1.29 is 0 Å². The van der Waals surface area contributed by atoms with E-state index in [1.54, 1.807) is 11.3 Å². The molecule has 0 bridgehead atoms. The lowest BCUT2D eigenvalue weighted by Gasteiger charge is -2.00. The van der Waals surface area contributed by atoms with E-state index in [4.69, 9.17) is 5.73 Å². The second-order valence-corrected chi connectivity index (χ2v) is 4.95. The van der Waals surface area contributed by atoms with E-state index in [9.17, 15) is 0 Å². The van der Waals surface area contributed by atoms with Crippen LogP contribution >= 0.6 is 11.3 Å². The van der Waals surface area contributed by atoms with Crippen LogP contribution in [0.5, 0.6) is 0 Å². The molecule has 2 rings (SSSR count). The molecule has 84 valence electrons. The molecule has 0 amide bonds. The van der Waals surface area contributed by atoms with E-state index >= 15 is 0 Å². The number of nitrogens with zero attached hydrogens (tertiary/aromatic N) is 1. The number of nitrogens with two attached hydrogens (primary N) is 1. The number of aromatic nitrogens is 1. The molecule has 2 nitrogen and oxygen atoms in total. The summed E-state index contributed by atoms with van der Waals surface area (Å²) in [5.74, 6) is 0. The average molecular weight is 232 g/mol. The maximum Gasteiger partial charge on any atom is 0.0933 e. The van der Waals surface area contributed by atoms with Gasteiger partial charge in [0.2, 0.25) is 0 Å². The highest BCUT2D eigenvalue weighted by molar-refractivity contribution is 7.09. The molecule has 0 fully saturated rings. The van der Waals surface area contributed by atoms with Gasteiger partial charge in [0.25, 0.3) is 0 Å². The summed E-state index contributed by atoms with van der Waals surface area (Å²) in [5, 5.41) is 3.29. The lowest BCUT2D eigenvalue weighted by molar-refractivity contribution is 0.664. The molecular weight excluding hydrogens is 216 g/mol. The highest BCUT2D eigenvalue weighted by Gasteiger charge is 2.04. The number of benzene rings is 1. The Kier molecular flexibility index (Phi) is 3.70. The molecule has 1 atom stereocenters. The Morgan fingerprint density at radius 1 is 1.31 bits per heavy atom. The normalized spacial score (nSPS) is 12.6. The minimum absolute atomic E-state index is 0.254. The highest BCUT2D eigenvalue weighted by atomic mass is 32.1. The number of thiazole rings is 1. The van der Waals surface area contributed by atoms with Gasteiger partial charge in [-0.3, -0.25) is 0 Å². The lowest BCUT2D eigenvalue weighted by Crippen LogP contribution is -2.15. The van der Waals surface area contributed by atoms with Crippen LogP contribution in [0.3, 0.4) is 0 Å². The summed E-state index contributed by atoms with van der Waals surface area (Å²) < 4.78 is 0. The molecule has 1 aromatic heterocycles. The fraction of sp³-hybridized carbons (Fsp3) is 0.308. The molecule has 1 aromatic carbocycles. The standard InChI is InChI=1S/C13H16N2S/c1-10(14)7-8-13-15-12(9-16-13)11-5-3-2-4-6-11/h2-6,9-10H,7-8,14H2,1H3. The fourth-order valence-electron chi connectivity index (χ4n) is 1.52. The molecule has 0 aliphatic carbocycles. The molecule has 1 unspecified atom stereocenters. The molecule has 0 saturated heterocycles. The number of hydrogen-bond acceptors (Lipinski definition) is 3. The maximum absolute atomic E-state index is 5.74. The predicted molar refractivity (Wildman–Crippen MR) is 69.5 cm³/mol. The monoisotopic (exact) mass is 232 g/mol. The Bertz CT molecular complexity index is 434. The van der Waals surface area contributed by atoms with E-state index in [1.807, 2.05) is 25.1 Å². The topological polar surface area (TPSA) is 38.9 Å². The highest BCUT2D eigenvalue weighted by Crippen LogP contribution is 2.22. The van der Waals surface area contributed by atoms with Gasteiger partial charge in [-0.2, -0.15) is 0 Å². The minimum atomic E-state index is 0.254. The molecule has 0 aliphatic heterocycles. The molecule has 2 aromatic rings. The molecule has 0 saturated carbocycles. The van der Waals surface area contributed by atoms with Gasteiger partial charge in [-0.1, -0.05) is 30.3 Å². The number of aryl methyl sites for hydroxylation is 1. The van der Waals surface area contributed by atoms with Crippen LogP contribution in [0.25, 0.3) is 11.3 Å². The summed E-state index contributed by atoms with van der Waals surface area (Å²) >= 11 is 1.72. The van der Waals surface area contributed by atoms with Gasteiger partial charge < -0.3 is 5.73 Å². The van der Waals surface area contributed by atoms with Crippen molar-refractivity contribution in [2.45, 2.75) is 25.8 Å². The Balaban J connectivity index is 2.08. The van der Waals surface area contributed by atoms with Gasteiger partial charge in [0.15, 0.2) is 0 Å². The van der Waals surface area contributed by atoms with Crippen LogP contribution < -0.4 is 5.73 Å². The Morgan fingerprint density at radius 2 is 2.06 bits per heavy atom. The van der Waals surface area contributed by atoms with Crippen LogP contribution in [-0.2, 0) is 6.42 Å². The van der Waals surface area contributed by atoms with E-state index in [0.29, 0.717) is 0 Å². The van der Waals surface area contributed by atoms with Gasteiger partial charge >= 0.3 is 0 Å². The predicted octanol–water partition coefficient (Wildman–Crippen LogP) is 3.09. The van der Waals surface area contributed by atoms with Crippen molar-refractivity contribution in [3.05, 3.63) is 40.7 Å². The molecule has 0 spiro atoms. The van der Waals surface area contributed by atoms with E-state index in [0.717, 1.165) is 18.5 Å². The molecule has 3 heteroatoms. The van der Waals surface area contributed by atoms with Crippen molar-refractivity contribution in [2.75, 3.05) is 0 Å². The average Bonchev–Trinajstić information content (AvgIpc) is 2.76. The second kappa shape index (κ2) is 5.23. The zero-order valence-corrected chi connectivity index (χ0v) is 10.2. The summed E-state index contributed by atoms with van der Waals surface area (Å²) in [4.78, 5) is 4.62. The molecule has 0 aliphatic rings. The molecule has 16 heavy (non-hydrogen) atoms. The summed E-state index contributed by atoms with van der Waals surface area (Å²) in [6.07, 6.45) is 1.98. The van der Waals surface area contributed by atoms with Crippen molar-refractivity contribution in [1.82, 2.24) is 4.98 Å². The fourth-order valence-corrected chi connectivity index (χ4v) is 2.34. The van der Waals surface area contributed by atoms with Crippen LogP contribution in [0.4, 0.5) is 0 Å². The largest absolute Gasteiger partial charge is 0.328 e. The third-order valence-electron chi connectivity index (χ3n) is 2.43. The van der Waals surface area contributed by atoms with E-state index < -0.39 is 0 Å². The Hall–Kier alpha value is -1.19. The van der Waals surface area contributed by atoms with E-state index in [-0.39, 0.29) is 6.04 Å². The summed E-state index contributed by atoms with van der Waals surface area (Å²) in [6.45, 7) is 2.03.